The van der Waals surface area contributed by atoms with Gasteiger partial charge in [-0.1, -0.05) is 17.4 Å². The fourth-order valence-electron chi connectivity index (χ4n) is 4.05. The second kappa shape index (κ2) is 9.67. The summed E-state index contributed by atoms with van der Waals surface area (Å²) in [4.78, 5) is 49.7. The number of amides is 3. The third kappa shape index (κ3) is 4.65. The molecule has 9 nitrogen and oxygen atoms in total. The van der Waals surface area contributed by atoms with Gasteiger partial charge in [0, 0.05) is 43.9 Å². The summed E-state index contributed by atoms with van der Waals surface area (Å²) < 4.78 is 8.19. The molecule has 0 N–H and O–H groups in total. The van der Waals surface area contributed by atoms with Gasteiger partial charge in [-0.3, -0.25) is 24.2 Å². The van der Waals surface area contributed by atoms with Gasteiger partial charge >= 0.3 is 0 Å². The fraction of sp³-hybridized carbons (Fsp3) is 0.240. The highest BCUT2D eigenvalue weighted by molar-refractivity contribution is 7.22. The molecule has 178 valence electrons. The van der Waals surface area contributed by atoms with E-state index in [0.717, 1.165) is 20.9 Å². The van der Waals surface area contributed by atoms with Crippen LogP contribution in [0.3, 0.4) is 0 Å². The molecule has 35 heavy (non-hydrogen) atoms. The highest BCUT2D eigenvalue weighted by Gasteiger charge is 2.31. The topological polar surface area (TPSA) is 97.6 Å². The lowest BCUT2D eigenvalue weighted by Crippen LogP contribution is -2.33. The lowest BCUT2D eigenvalue weighted by Gasteiger charge is -2.21. The van der Waals surface area contributed by atoms with Crippen LogP contribution in [0.2, 0.25) is 0 Å². The monoisotopic (exact) mass is 489 g/mol. The van der Waals surface area contributed by atoms with Crippen LogP contribution in [0, 0.1) is 0 Å². The molecule has 3 heterocycles. The highest BCUT2D eigenvalue weighted by atomic mass is 32.1. The number of ether oxygens (including phenoxy) is 1. The number of nitrogens with zero attached hydrogens (tertiary/aromatic N) is 5. The Kier molecular flexibility index (Phi) is 6.28. The number of carbonyl (C=O) groups is 3. The van der Waals surface area contributed by atoms with Crippen molar-refractivity contribution in [2.45, 2.75) is 25.8 Å². The van der Waals surface area contributed by atoms with Gasteiger partial charge in [-0.15, -0.1) is 0 Å². The first-order chi connectivity index (χ1) is 17.0. The molecule has 1 aliphatic heterocycles. The maximum absolute atomic E-state index is 13.7. The Bertz CT molecular complexity index is 1380. The third-order valence-corrected chi connectivity index (χ3v) is 6.86. The number of carbonyl (C=O) groups excluding carboxylic acids is 3. The van der Waals surface area contributed by atoms with Crippen molar-refractivity contribution in [3.63, 3.8) is 0 Å². The minimum atomic E-state index is -0.253. The van der Waals surface area contributed by atoms with Gasteiger partial charge in [-0.2, -0.15) is 0 Å². The number of hydrogen-bond donors (Lipinski definition) is 0. The SMILES string of the molecule is COc1ccc2nc(N(CCCn3ccnc3)C(=O)c3cccc(N4C(=O)CCC4=O)c3)sc2c1. The van der Waals surface area contributed by atoms with Crippen molar-refractivity contribution in [3.05, 3.63) is 66.7 Å². The van der Waals surface area contributed by atoms with E-state index in [9.17, 15) is 14.4 Å². The van der Waals surface area contributed by atoms with E-state index in [2.05, 4.69) is 4.98 Å². The van der Waals surface area contributed by atoms with Gasteiger partial charge < -0.3 is 9.30 Å². The van der Waals surface area contributed by atoms with E-state index in [1.54, 1.807) is 48.8 Å². The lowest BCUT2D eigenvalue weighted by molar-refractivity contribution is -0.121. The van der Waals surface area contributed by atoms with Crippen LogP contribution in [-0.2, 0) is 16.1 Å². The average molecular weight is 490 g/mol. The van der Waals surface area contributed by atoms with Crippen LogP contribution in [-0.4, -0.2) is 45.9 Å². The molecule has 0 bridgehead atoms. The zero-order chi connectivity index (χ0) is 24.4. The lowest BCUT2D eigenvalue weighted by atomic mass is 10.1. The molecule has 0 unspecified atom stereocenters. The number of anilines is 2. The number of aromatic nitrogens is 3. The van der Waals surface area contributed by atoms with E-state index < -0.39 is 0 Å². The van der Waals surface area contributed by atoms with Crippen molar-refractivity contribution < 1.29 is 19.1 Å². The molecule has 0 saturated carbocycles. The molecule has 10 heteroatoms. The Balaban J connectivity index is 1.46. The summed E-state index contributed by atoms with van der Waals surface area (Å²) >= 11 is 1.41. The number of imidazole rings is 1. The maximum Gasteiger partial charge on any atom is 0.260 e. The quantitative estimate of drug-likeness (QED) is 0.348. The van der Waals surface area contributed by atoms with E-state index in [-0.39, 0.29) is 30.6 Å². The van der Waals surface area contributed by atoms with E-state index >= 15 is 0 Å². The van der Waals surface area contributed by atoms with Crippen LogP contribution in [0.5, 0.6) is 5.75 Å². The van der Waals surface area contributed by atoms with Gasteiger partial charge in [0.2, 0.25) is 11.8 Å². The van der Waals surface area contributed by atoms with Gasteiger partial charge in [-0.05, 0) is 42.8 Å². The Hall–Kier alpha value is -4.05. The van der Waals surface area contributed by atoms with Crippen LogP contribution < -0.4 is 14.5 Å². The molecule has 1 saturated heterocycles. The summed E-state index contributed by atoms with van der Waals surface area (Å²) in [6.07, 6.45) is 6.40. The number of rotatable bonds is 8. The van der Waals surface area contributed by atoms with E-state index in [1.807, 2.05) is 29.0 Å². The molecule has 0 radical (unpaired) electrons. The van der Waals surface area contributed by atoms with Crippen LogP contribution in [0.25, 0.3) is 10.2 Å². The number of imide groups is 1. The Morgan fingerprint density at radius 3 is 2.71 bits per heavy atom. The van der Waals surface area contributed by atoms with Gasteiger partial charge in [0.15, 0.2) is 5.13 Å². The molecule has 2 aromatic heterocycles. The van der Waals surface area contributed by atoms with Crippen molar-refractivity contribution in [1.29, 1.82) is 0 Å². The molecular weight excluding hydrogens is 466 g/mol. The number of hydrogen-bond acceptors (Lipinski definition) is 7. The average Bonchev–Trinajstić information content (AvgIpc) is 3.61. The largest absolute Gasteiger partial charge is 0.497 e. The zero-order valence-electron chi connectivity index (χ0n) is 19.1. The molecule has 5 rings (SSSR count). The number of fused-ring (bicyclic) bond motifs is 1. The molecule has 4 aromatic rings. The van der Waals surface area contributed by atoms with Crippen LogP contribution >= 0.6 is 11.3 Å². The number of aryl methyl sites for hydroxylation is 1. The first-order valence-electron chi connectivity index (χ1n) is 11.2. The molecule has 1 fully saturated rings. The second-order valence-electron chi connectivity index (χ2n) is 8.11. The first kappa shape index (κ1) is 22.7. The Morgan fingerprint density at radius 2 is 1.97 bits per heavy atom. The molecular formula is C25H23N5O4S. The predicted octanol–water partition coefficient (Wildman–Crippen LogP) is 3.89. The molecule has 2 aromatic carbocycles. The van der Waals surface area contributed by atoms with E-state index in [0.29, 0.717) is 35.9 Å². The standard InChI is InChI=1S/C25H23N5O4S/c1-34-19-6-7-20-21(15-19)35-25(27-20)29(12-3-11-28-13-10-26-16-28)24(33)17-4-2-5-18(14-17)30-22(31)8-9-23(30)32/h2,4-7,10,13-16H,3,8-9,11-12H2,1H3. The summed E-state index contributed by atoms with van der Waals surface area (Å²) in [5.41, 5.74) is 1.57. The minimum Gasteiger partial charge on any atom is -0.497 e. The fourth-order valence-corrected chi connectivity index (χ4v) is 5.07. The van der Waals surface area contributed by atoms with Gasteiger partial charge in [0.25, 0.3) is 5.91 Å². The van der Waals surface area contributed by atoms with Crippen LogP contribution in [0.15, 0.2) is 61.2 Å². The zero-order valence-corrected chi connectivity index (χ0v) is 19.9. The second-order valence-corrected chi connectivity index (χ2v) is 9.12. The molecule has 0 aliphatic carbocycles. The summed E-state index contributed by atoms with van der Waals surface area (Å²) in [6.45, 7) is 1.12. The first-order valence-corrected chi connectivity index (χ1v) is 12.0. The van der Waals surface area contributed by atoms with Crippen molar-refractivity contribution in [3.8, 4) is 5.75 Å². The summed E-state index contributed by atoms with van der Waals surface area (Å²) in [6, 6.07) is 12.3. The van der Waals surface area contributed by atoms with Crippen molar-refractivity contribution >= 4 is 50.1 Å². The number of benzene rings is 2. The van der Waals surface area contributed by atoms with Crippen molar-refractivity contribution in [2.24, 2.45) is 0 Å². The summed E-state index contributed by atoms with van der Waals surface area (Å²) in [5, 5.41) is 0.572. The van der Waals surface area contributed by atoms with Gasteiger partial charge in [0.05, 0.1) is 29.3 Å². The summed E-state index contributed by atoms with van der Waals surface area (Å²) in [7, 11) is 1.61. The Morgan fingerprint density at radius 1 is 1.14 bits per heavy atom. The van der Waals surface area contributed by atoms with Crippen LogP contribution in [0.1, 0.15) is 29.6 Å². The normalized spacial score (nSPS) is 13.6. The molecule has 3 amide bonds. The van der Waals surface area contributed by atoms with Crippen LogP contribution in [0.4, 0.5) is 10.8 Å². The van der Waals surface area contributed by atoms with Crippen molar-refractivity contribution in [2.75, 3.05) is 23.5 Å². The molecule has 1 aliphatic rings. The minimum absolute atomic E-state index is 0.187. The highest BCUT2D eigenvalue weighted by Crippen LogP contribution is 2.33. The van der Waals surface area contributed by atoms with Crippen molar-refractivity contribution in [1.82, 2.24) is 14.5 Å². The number of methoxy groups -OCH3 is 1. The maximum atomic E-state index is 13.7. The molecule has 0 spiro atoms. The van der Waals surface area contributed by atoms with E-state index in [4.69, 9.17) is 9.72 Å². The van der Waals surface area contributed by atoms with E-state index in [1.165, 1.54) is 11.3 Å². The third-order valence-electron chi connectivity index (χ3n) is 5.82. The Labute approximate surface area is 205 Å². The predicted molar refractivity (Wildman–Crippen MR) is 133 cm³/mol. The van der Waals surface area contributed by atoms with Gasteiger partial charge in [0.1, 0.15) is 5.75 Å². The smallest absolute Gasteiger partial charge is 0.260 e. The van der Waals surface area contributed by atoms with Gasteiger partial charge in [-0.25, -0.2) is 9.97 Å². The number of thiazole rings is 1. The summed E-state index contributed by atoms with van der Waals surface area (Å²) in [5.74, 6) is -0.0326. The molecule has 0 atom stereocenters.